The van der Waals surface area contributed by atoms with E-state index in [1.54, 1.807) is 0 Å². The first-order valence-corrected chi connectivity index (χ1v) is 31.0. The minimum atomic E-state index is -2.28. The van der Waals surface area contributed by atoms with Crippen LogP contribution in [0.25, 0.3) is 126 Å². The lowest BCUT2D eigenvalue weighted by Gasteiger charge is -2.34. The van der Waals surface area contributed by atoms with E-state index in [0.717, 1.165) is 38.8 Å². The van der Waals surface area contributed by atoms with Gasteiger partial charge in [0.2, 0.25) is 0 Å². The van der Waals surface area contributed by atoms with E-state index in [0.29, 0.717) is 0 Å². The van der Waals surface area contributed by atoms with Crippen LogP contribution in [0.15, 0.2) is 223 Å². The predicted molar refractivity (Wildman–Crippen MR) is 334 cm³/mol. The van der Waals surface area contributed by atoms with E-state index in [-0.39, 0.29) is 11.3 Å². The van der Waals surface area contributed by atoms with Crippen LogP contribution >= 0.6 is 0 Å². The molecule has 13 aromatic rings. The van der Waals surface area contributed by atoms with Crippen LogP contribution in [-0.4, -0.2) is 18.2 Å². The van der Waals surface area contributed by atoms with E-state index in [2.05, 4.69) is 264 Å². The third-order valence-corrected chi connectivity index (χ3v) is 22.8. The number of para-hydroxylation sites is 1. The van der Waals surface area contributed by atoms with Crippen molar-refractivity contribution in [3.63, 3.8) is 0 Å². The van der Waals surface area contributed by atoms with Gasteiger partial charge in [-0.1, -0.05) is 209 Å². The minimum absolute atomic E-state index is 0.0691. The molecule has 4 heterocycles. The molecular weight excluding hydrogens is 975 g/mol. The van der Waals surface area contributed by atoms with Crippen molar-refractivity contribution in [1.82, 2.24) is 4.57 Å². The Kier molecular flexibility index (Phi) is 8.92. The zero-order valence-corrected chi connectivity index (χ0v) is 46.1. The fourth-order valence-electron chi connectivity index (χ4n) is 15.4. The molecule has 4 heteroatoms. The summed E-state index contributed by atoms with van der Waals surface area (Å²) in [5.41, 5.74) is 22.9. The molecule has 0 bridgehead atoms. The Balaban J connectivity index is 0.819. The normalized spacial score (nSPS) is 18.0. The van der Waals surface area contributed by atoms with E-state index >= 15 is 0 Å². The van der Waals surface area contributed by atoms with E-state index < -0.39 is 13.7 Å². The van der Waals surface area contributed by atoms with E-state index in [1.807, 2.05) is 0 Å². The summed E-state index contributed by atoms with van der Waals surface area (Å²) in [4.78, 5) is 0. The summed E-state index contributed by atoms with van der Waals surface area (Å²) >= 11 is 0. The Bertz CT molecular complexity index is 4950. The van der Waals surface area contributed by atoms with Gasteiger partial charge in [-0.2, -0.15) is 0 Å². The highest BCUT2D eigenvalue weighted by Gasteiger charge is 2.50. The first-order valence-electron chi connectivity index (χ1n) is 28.0. The molecule has 0 amide bonds. The van der Waals surface area contributed by atoms with Crippen LogP contribution in [0.1, 0.15) is 48.9 Å². The van der Waals surface area contributed by atoms with Gasteiger partial charge in [0.1, 0.15) is 30.6 Å². The van der Waals surface area contributed by atoms with Gasteiger partial charge in [0.15, 0.2) is 0 Å². The predicted octanol–water partition coefficient (Wildman–Crippen LogP) is 18.5. The second-order valence-electron chi connectivity index (χ2n) is 24.0. The molecule has 2 aliphatic carbocycles. The summed E-state index contributed by atoms with van der Waals surface area (Å²) < 4.78 is 16.4. The molecule has 0 spiro atoms. The van der Waals surface area contributed by atoms with Crippen molar-refractivity contribution >= 4 is 89.3 Å². The van der Waals surface area contributed by atoms with Gasteiger partial charge < -0.3 is 13.7 Å². The van der Waals surface area contributed by atoms with Crippen molar-refractivity contribution in [1.29, 1.82) is 0 Å². The molecule has 0 N–H and O–H groups in total. The molecule has 2 atom stereocenters. The molecule has 2 unspecified atom stereocenters. The van der Waals surface area contributed by atoms with Crippen LogP contribution in [0.5, 0.6) is 5.75 Å². The molecule has 4 aliphatic rings. The van der Waals surface area contributed by atoms with E-state index in [4.69, 9.17) is 9.15 Å². The largest absolute Gasteiger partial charge is 0.482 e. The number of nitrogens with zero attached hydrogens (tertiary/aromatic N) is 1. The maximum atomic E-state index is 7.13. The van der Waals surface area contributed by atoms with Crippen molar-refractivity contribution in [3.05, 3.63) is 241 Å². The molecule has 0 saturated heterocycles. The quantitative estimate of drug-likeness (QED) is 0.164. The first kappa shape index (κ1) is 45.1. The number of aryl methyl sites for hydroxylation is 1. The van der Waals surface area contributed by atoms with Gasteiger partial charge >= 0.3 is 0 Å². The monoisotopic (exact) mass is 1030 g/mol. The second-order valence-corrected chi connectivity index (χ2v) is 28.3. The molecule has 0 saturated carbocycles. The third kappa shape index (κ3) is 5.86. The summed E-state index contributed by atoms with van der Waals surface area (Å²) in [7, 11) is -0.0116. The number of aromatic nitrogens is 1. The Morgan fingerprint density at radius 1 is 0.468 bits per heavy atom. The highest BCUT2D eigenvalue weighted by molar-refractivity contribution is 7.04. The van der Waals surface area contributed by atoms with Gasteiger partial charge in [0.25, 0.3) is 0 Å². The SMILES string of the molecule is Cn1c2cc3c(cc2c2c4ccccc4c(-c4cccc5oc6c(-c7ccccc7)cccc6c45)cc21)C(C)(C)c1cc2c(cc1-3)[Si](C)(C)c1cc(-c3cccc4c3C3C=CC=C(c5ccccc5)C3(C)O4)c3ccccc3c1-2. The van der Waals surface area contributed by atoms with Crippen molar-refractivity contribution < 1.29 is 9.15 Å². The average Bonchev–Trinajstić information content (AvgIpc) is 3.12. The summed E-state index contributed by atoms with van der Waals surface area (Å²) in [6.07, 6.45) is 6.86. The van der Waals surface area contributed by atoms with Crippen LogP contribution in [0.4, 0.5) is 0 Å². The molecule has 2 aromatic heterocycles. The first-order chi connectivity index (χ1) is 38.5. The molecule has 17 rings (SSSR count). The van der Waals surface area contributed by atoms with Crippen molar-refractivity contribution in [2.45, 2.75) is 50.8 Å². The van der Waals surface area contributed by atoms with Gasteiger partial charge in [0.05, 0.1) is 11.4 Å². The smallest absolute Gasteiger partial charge is 0.143 e. The van der Waals surface area contributed by atoms with Crippen LogP contribution in [0.3, 0.4) is 0 Å². The second kappa shape index (κ2) is 15.6. The van der Waals surface area contributed by atoms with Crippen LogP contribution in [0, 0.1) is 0 Å². The lowest BCUT2D eigenvalue weighted by molar-refractivity contribution is 0.166. The molecule has 11 aromatic carbocycles. The molecule has 3 nitrogen and oxygen atoms in total. The van der Waals surface area contributed by atoms with Crippen molar-refractivity contribution in [3.8, 4) is 61.4 Å². The summed E-state index contributed by atoms with van der Waals surface area (Å²) in [6.45, 7) is 12.4. The molecule has 0 fully saturated rings. The number of rotatable bonds is 4. The van der Waals surface area contributed by atoms with Gasteiger partial charge in [-0.25, -0.2) is 0 Å². The molecule has 2 aliphatic heterocycles. The van der Waals surface area contributed by atoms with E-state index in [1.165, 1.54) is 126 Å². The zero-order chi connectivity index (χ0) is 52.8. The highest BCUT2D eigenvalue weighted by atomic mass is 28.3. The average molecular weight is 1030 g/mol. The standard InChI is InChI=1S/C75H55NO2Si/c1-74(2)61-37-57-63(76(4)64-39-53(46-25-13-15-27-48(46)69(57)64)50-30-18-35-65-70(50)52-32-17-29-45(73(52)77-65)43-21-9-7-10-22-43)40-55(61)56-42-67-58(38-62(56)74)71-49-28-16-14-26-47(49)54(41-68(71)79(67,5)6)51-31-19-36-66-72(51)60-34-20-33-59(75(60,3)78-66)44-23-11-8-12-24-44/h7-42,60H,1-6H3. The maximum absolute atomic E-state index is 7.13. The maximum Gasteiger partial charge on any atom is 0.143 e. The van der Waals surface area contributed by atoms with Gasteiger partial charge in [0, 0.05) is 56.2 Å². The van der Waals surface area contributed by atoms with Crippen molar-refractivity contribution in [2.24, 2.45) is 7.05 Å². The minimum Gasteiger partial charge on any atom is -0.482 e. The number of benzene rings is 11. The topological polar surface area (TPSA) is 27.3 Å². The van der Waals surface area contributed by atoms with E-state index in [9.17, 15) is 0 Å². The number of hydrogen-bond donors (Lipinski definition) is 0. The van der Waals surface area contributed by atoms with Crippen LogP contribution < -0.4 is 15.1 Å². The molecule has 79 heavy (non-hydrogen) atoms. The fourth-order valence-corrected chi connectivity index (χ4v) is 18.5. The summed E-state index contributed by atoms with van der Waals surface area (Å²) in [5.74, 6) is 1.05. The third-order valence-electron chi connectivity index (χ3n) is 19.3. The number of allylic oxidation sites excluding steroid dienone is 2. The number of ether oxygens (including phenoxy) is 1. The molecule has 376 valence electrons. The molecular formula is C75H55NO2Si. The van der Waals surface area contributed by atoms with Gasteiger partial charge in [-0.05, 0) is 142 Å². The Labute approximate surface area is 460 Å². The van der Waals surface area contributed by atoms with Gasteiger partial charge in [-0.15, -0.1) is 0 Å². The highest BCUT2D eigenvalue weighted by Crippen LogP contribution is 2.58. The van der Waals surface area contributed by atoms with Crippen LogP contribution in [0.2, 0.25) is 13.1 Å². The Morgan fingerprint density at radius 2 is 1.08 bits per heavy atom. The lowest BCUT2D eigenvalue weighted by Crippen LogP contribution is -2.49. The zero-order valence-electron chi connectivity index (χ0n) is 45.1. The van der Waals surface area contributed by atoms with Crippen LogP contribution in [-0.2, 0) is 12.5 Å². The Morgan fingerprint density at radius 3 is 1.87 bits per heavy atom. The van der Waals surface area contributed by atoms with Crippen molar-refractivity contribution in [2.75, 3.05) is 0 Å². The number of hydrogen-bond acceptors (Lipinski definition) is 2. The van der Waals surface area contributed by atoms with Gasteiger partial charge in [-0.3, -0.25) is 0 Å². The lowest BCUT2D eigenvalue weighted by atomic mass is 9.73. The Hall–Kier alpha value is -8.96. The molecule has 0 radical (unpaired) electrons. The summed E-state index contributed by atoms with van der Waals surface area (Å²) in [5, 5.41) is 13.1. The number of fused-ring (bicyclic) bond motifs is 19. The fraction of sp³-hybridized carbons (Fsp3) is 0.120. The summed E-state index contributed by atoms with van der Waals surface area (Å²) in [6, 6.07) is 74.9. The number of furan rings is 1.